The Hall–Kier alpha value is -0.740. The molecule has 0 bridgehead atoms. The summed E-state index contributed by atoms with van der Waals surface area (Å²) in [5, 5.41) is 9.00. The van der Waals surface area contributed by atoms with Crippen molar-refractivity contribution in [3.8, 4) is 0 Å². The number of aliphatic hydroxyl groups is 1. The van der Waals surface area contributed by atoms with Crippen LogP contribution in [0.1, 0.15) is 6.92 Å². The van der Waals surface area contributed by atoms with E-state index in [0.717, 1.165) is 4.90 Å². The van der Waals surface area contributed by atoms with Crippen LogP contribution in [0.2, 0.25) is 0 Å². The Morgan fingerprint density at radius 3 is 2.85 bits per heavy atom. The summed E-state index contributed by atoms with van der Waals surface area (Å²) >= 11 is 1.41. The van der Waals surface area contributed by atoms with Crippen LogP contribution in [0.15, 0.2) is 23.1 Å². The van der Waals surface area contributed by atoms with E-state index >= 15 is 0 Å². The fourth-order valence-electron chi connectivity index (χ4n) is 0.814. The quantitative estimate of drug-likeness (QED) is 0.580. The summed E-state index contributed by atoms with van der Waals surface area (Å²) in [7, 11) is 0. The second-order valence-electron chi connectivity index (χ2n) is 2.84. The van der Waals surface area contributed by atoms with Crippen LogP contribution in [0.3, 0.4) is 0 Å². The molecule has 0 radical (unpaired) electrons. The van der Waals surface area contributed by atoms with Crippen LogP contribution in [-0.4, -0.2) is 17.0 Å². The molecule has 0 aromatic heterocycles. The van der Waals surface area contributed by atoms with E-state index in [1.165, 1.54) is 23.9 Å². The van der Waals surface area contributed by atoms with Crippen molar-refractivity contribution in [3.63, 3.8) is 0 Å². The topological polar surface area (TPSA) is 46.2 Å². The molecule has 1 aromatic carbocycles. The van der Waals surface area contributed by atoms with E-state index in [-0.39, 0.29) is 11.8 Å². The third-order valence-corrected chi connectivity index (χ3v) is 2.70. The zero-order chi connectivity index (χ0) is 9.84. The molecule has 0 saturated carbocycles. The van der Waals surface area contributed by atoms with Crippen molar-refractivity contribution >= 4 is 17.4 Å². The van der Waals surface area contributed by atoms with Crippen LogP contribution < -0.4 is 5.73 Å². The predicted octanol–water partition coefficient (Wildman–Crippen LogP) is 1.88. The van der Waals surface area contributed by atoms with Crippen LogP contribution in [0.4, 0.5) is 10.1 Å². The molecule has 1 atom stereocenters. The number of rotatable bonds is 3. The fourth-order valence-corrected chi connectivity index (χ4v) is 1.60. The number of anilines is 1. The summed E-state index contributed by atoms with van der Waals surface area (Å²) in [4.78, 5) is 0.785. The Balaban J connectivity index is 2.63. The third kappa shape index (κ3) is 3.24. The van der Waals surface area contributed by atoms with E-state index in [0.29, 0.717) is 5.75 Å². The van der Waals surface area contributed by atoms with Gasteiger partial charge in [-0.15, -0.1) is 11.8 Å². The second kappa shape index (κ2) is 4.48. The molecule has 0 aliphatic heterocycles. The SMILES string of the molecule is CC(O)CSc1ccc(N)c(F)c1. The molecular formula is C9H12FNOS. The van der Waals surface area contributed by atoms with Gasteiger partial charge in [-0.05, 0) is 25.1 Å². The number of halogens is 1. The summed E-state index contributed by atoms with van der Waals surface area (Å²) in [6, 6.07) is 4.65. The molecule has 3 N–H and O–H groups in total. The van der Waals surface area contributed by atoms with Gasteiger partial charge in [0, 0.05) is 10.6 Å². The van der Waals surface area contributed by atoms with Gasteiger partial charge >= 0.3 is 0 Å². The predicted molar refractivity (Wildman–Crippen MR) is 53.2 cm³/mol. The third-order valence-electron chi connectivity index (χ3n) is 1.46. The highest BCUT2D eigenvalue weighted by Gasteiger charge is 2.02. The van der Waals surface area contributed by atoms with Crippen LogP contribution in [0, 0.1) is 5.82 Å². The molecule has 0 amide bonds. The molecule has 0 fully saturated rings. The van der Waals surface area contributed by atoms with Gasteiger partial charge in [-0.2, -0.15) is 0 Å². The van der Waals surface area contributed by atoms with Gasteiger partial charge < -0.3 is 10.8 Å². The van der Waals surface area contributed by atoms with Gasteiger partial charge in [-0.25, -0.2) is 4.39 Å². The minimum Gasteiger partial charge on any atom is -0.396 e. The largest absolute Gasteiger partial charge is 0.396 e. The maximum atomic E-state index is 12.9. The standard InChI is InChI=1S/C9H12FNOS/c1-6(12)5-13-7-2-3-9(11)8(10)4-7/h2-4,6,12H,5,11H2,1H3. The molecule has 13 heavy (non-hydrogen) atoms. The van der Waals surface area contributed by atoms with Gasteiger partial charge in [0.15, 0.2) is 0 Å². The number of aliphatic hydroxyl groups excluding tert-OH is 1. The summed E-state index contributed by atoms with van der Waals surface area (Å²) in [6.45, 7) is 1.70. The average molecular weight is 201 g/mol. The molecule has 2 nitrogen and oxygen atoms in total. The first-order valence-corrected chi connectivity index (χ1v) is 4.94. The van der Waals surface area contributed by atoms with Gasteiger partial charge in [-0.3, -0.25) is 0 Å². The Kier molecular flexibility index (Phi) is 3.57. The second-order valence-corrected chi connectivity index (χ2v) is 3.94. The molecule has 0 heterocycles. The molecule has 4 heteroatoms. The van der Waals surface area contributed by atoms with Crippen molar-refractivity contribution in [3.05, 3.63) is 24.0 Å². The van der Waals surface area contributed by atoms with Crippen molar-refractivity contribution < 1.29 is 9.50 Å². The lowest BCUT2D eigenvalue weighted by Gasteiger charge is -2.04. The Bertz CT molecular complexity index is 291. The van der Waals surface area contributed by atoms with Gasteiger partial charge in [0.2, 0.25) is 0 Å². The highest BCUT2D eigenvalue weighted by Crippen LogP contribution is 2.22. The van der Waals surface area contributed by atoms with E-state index in [1.54, 1.807) is 13.0 Å². The Morgan fingerprint density at radius 2 is 2.31 bits per heavy atom. The molecule has 1 unspecified atom stereocenters. The van der Waals surface area contributed by atoms with Crippen molar-refractivity contribution in [2.75, 3.05) is 11.5 Å². The first kappa shape index (κ1) is 10.3. The summed E-state index contributed by atoms with van der Waals surface area (Å²) in [6.07, 6.45) is -0.384. The minimum absolute atomic E-state index is 0.154. The Morgan fingerprint density at radius 1 is 1.62 bits per heavy atom. The molecule has 72 valence electrons. The highest BCUT2D eigenvalue weighted by atomic mass is 32.2. The molecule has 0 saturated heterocycles. The lowest BCUT2D eigenvalue weighted by molar-refractivity contribution is 0.220. The van der Waals surface area contributed by atoms with Crippen LogP contribution >= 0.6 is 11.8 Å². The van der Waals surface area contributed by atoms with Crippen LogP contribution in [0.5, 0.6) is 0 Å². The van der Waals surface area contributed by atoms with Crippen molar-refractivity contribution in [1.29, 1.82) is 0 Å². The van der Waals surface area contributed by atoms with Crippen molar-refractivity contribution in [2.45, 2.75) is 17.9 Å². The van der Waals surface area contributed by atoms with Gasteiger partial charge in [0.1, 0.15) is 5.82 Å². The van der Waals surface area contributed by atoms with Gasteiger partial charge in [0.05, 0.1) is 11.8 Å². The maximum Gasteiger partial charge on any atom is 0.147 e. The molecule has 0 spiro atoms. The van der Waals surface area contributed by atoms with Gasteiger partial charge in [0.25, 0.3) is 0 Å². The molecule has 0 aliphatic rings. The van der Waals surface area contributed by atoms with Crippen LogP contribution in [-0.2, 0) is 0 Å². The summed E-state index contributed by atoms with van der Waals surface area (Å²) in [5.41, 5.74) is 5.47. The minimum atomic E-state index is -0.407. The van der Waals surface area contributed by atoms with E-state index in [4.69, 9.17) is 10.8 Å². The lowest BCUT2D eigenvalue weighted by Crippen LogP contribution is -2.02. The van der Waals surface area contributed by atoms with Crippen molar-refractivity contribution in [1.82, 2.24) is 0 Å². The molecule has 1 aromatic rings. The number of thioether (sulfide) groups is 1. The number of benzene rings is 1. The monoisotopic (exact) mass is 201 g/mol. The van der Waals surface area contributed by atoms with Crippen molar-refractivity contribution in [2.24, 2.45) is 0 Å². The number of nitrogen functional groups attached to an aromatic ring is 1. The van der Waals surface area contributed by atoms with E-state index in [2.05, 4.69) is 0 Å². The fraction of sp³-hybridized carbons (Fsp3) is 0.333. The van der Waals surface area contributed by atoms with Crippen LogP contribution in [0.25, 0.3) is 0 Å². The van der Waals surface area contributed by atoms with E-state index in [9.17, 15) is 4.39 Å². The molecule has 1 rings (SSSR count). The lowest BCUT2D eigenvalue weighted by atomic mass is 10.3. The van der Waals surface area contributed by atoms with E-state index in [1.807, 2.05) is 0 Å². The van der Waals surface area contributed by atoms with E-state index < -0.39 is 5.82 Å². The number of hydrogen-bond donors (Lipinski definition) is 2. The summed E-state index contributed by atoms with van der Waals surface area (Å²) in [5.74, 6) is 0.152. The zero-order valence-electron chi connectivity index (χ0n) is 7.33. The summed E-state index contributed by atoms with van der Waals surface area (Å²) < 4.78 is 12.9. The molecular weight excluding hydrogens is 189 g/mol. The Labute approximate surface area is 80.9 Å². The first-order chi connectivity index (χ1) is 6.09. The smallest absolute Gasteiger partial charge is 0.147 e. The normalized spacial score (nSPS) is 12.8. The maximum absolute atomic E-state index is 12.9. The zero-order valence-corrected chi connectivity index (χ0v) is 8.14. The highest BCUT2D eigenvalue weighted by molar-refractivity contribution is 7.99. The molecule has 0 aliphatic carbocycles. The first-order valence-electron chi connectivity index (χ1n) is 3.95. The number of nitrogens with two attached hydrogens (primary N) is 1. The number of hydrogen-bond acceptors (Lipinski definition) is 3. The average Bonchev–Trinajstić information content (AvgIpc) is 2.07. The van der Waals surface area contributed by atoms with Gasteiger partial charge in [-0.1, -0.05) is 0 Å².